The van der Waals surface area contributed by atoms with E-state index in [1.165, 1.54) is 4.90 Å². The monoisotopic (exact) mass is 463 g/mol. The molecule has 1 fully saturated rings. The van der Waals surface area contributed by atoms with E-state index in [0.717, 1.165) is 28.2 Å². The van der Waals surface area contributed by atoms with Crippen LogP contribution in [-0.2, 0) is 4.74 Å². The zero-order valence-corrected chi connectivity index (χ0v) is 18.9. The maximum absolute atomic E-state index is 12.8. The van der Waals surface area contributed by atoms with Crippen molar-refractivity contribution in [3.63, 3.8) is 0 Å². The molecule has 0 atom stereocenters. The number of aromatic nitrogens is 3. The molecule has 178 valence electrons. The highest BCUT2D eigenvalue weighted by atomic mass is 19.4. The van der Waals surface area contributed by atoms with Crippen molar-refractivity contribution in [3.8, 4) is 11.3 Å². The maximum Gasteiger partial charge on any atom is 0.401 e. The van der Waals surface area contributed by atoms with Crippen molar-refractivity contribution in [2.75, 3.05) is 38.2 Å². The fourth-order valence-corrected chi connectivity index (χ4v) is 4.70. The first-order valence-electron chi connectivity index (χ1n) is 11.0. The van der Waals surface area contributed by atoms with Crippen LogP contribution in [0.2, 0.25) is 0 Å². The summed E-state index contributed by atoms with van der Waals surface area (Å²) in [6.07, 6.45) is 0.625. The Kier molecular flexibility index (Phi) is 6.38. The van der Waals surface area contributed by atoms with E-state index in [1.54, 1.807) is 13.1 Å². The zero-order chi connectivity index (χ0) is 23.8. The van der Waals surface area contributed by atoms with Crippen LogP contribution < -0.4 is 4.90 Å². The van der Waals surface area contributed by atoms with Gasteiger partial charge in [0.2, 0.25) is 0 Å². The van der Waals surface area contributed by atoms with Gasteiger partial charge in [-0.05, 0) is 44.9 Å². The molecule has 0 unspecified atom stereocenters. The highest BCUT2D eigenvalue weighted by Crippen LogP contribution is 2.34. The van der Waals surface area contributed by atoms with E-state index in [2.05, 4.69) is 15.1 Å². The lowest BCUT2D eigenvalue weighted by Gasteiger charge is -2.39. The summed E-state index contributed by atoms with van der Waals surface area (Å²) < 4.78 is 45.7. The Morgan fingerprint density at radius 2 is 2.03 bits per heavy atom. The van der Waals surface area contributed by atoms with Crippen molar-refractivity contribution in [2.24, 2.45) is 0 Å². The molecule has 4 rings (SSSR count). The molecule has 3 aromatic heterocycles. The number of rotatable bonds is 6. The quantitative estimate of drug-likeness (QED) is 0.553. The molecule has 0 bridgehead atoms. The maximum atomic E-state index is 12.8. The fourth-order valence-electron chi connectivity index (χ4n) is 4.70. The van der Waals surface area contributed by atoms with E-state index in [0.29, 0.717) is 31.5 Å². The van der Waals surface area contributed by atoms with Crippen molar-refractivity contribution in [2.45, 2.75) is 38.9 Å². The van der Waals surface area contributed by atoms with Crippen LogP contribution in [0.5, 0.6) is 0 Å². The van der Waals surface area contributed by atoms with E-state index < -0.39 is 18.7 Å². The number of anilines is 1. The zero-order valence-electron chi connectivity index (χ0n) is 18.9. The van der Waals surface area contributed by atoms with Crippen LogP contribution >= 0.6 is 0 Å². The number of alkyl halides is 3. The van der Waals surface area contributed by atoms with Gasteiger partial charge in [0.05, 0.1) is 29.9 Å². The van der Waals surface area contributed by atoms with Crippen molar-refractivity contribution in [3.05, 3.63) is 41.7 Å². The molecule has 7 nitrogen and oxygen atoms in total. The van der Waals surface area contributed by atoms with Crippen molar-refractivity contribution >= 4 is 17.3 Å². The van der Waals surface area contributed by atoms with Crippen LogP contribution in [0.1, 0.15) is 35.7 Å². The van der Waals surface area contributed by atoms with Gasteiger partial charge in [-0.15, -0.1) is 0 Å². The summed E-state index contributed by atoms with van der Waals surface area (Å²) in [7, 11) is 1.94. The molecule has 33 heavy (non-hydrogen) atoms. The lowest BCUT2D eigenvalue weighted by molar-refractivity contribution is -0.147. The number of carbonyl (C=O) groups is 1. The molecule has 4 heterocycles. The van der Waals surface area contributed by atoms with Gasteiger partial charge in [0.1, 0.15) is 5.82 Å². The molecule has 0 aromatic carbocycles. The first kappa shape index (κ1) is 23.2. The summed E-state index contributed by atoms with van der Waals surface area (Å²) in [4.78, 5) is 16.3. The predicted octanol–water partition coefficient (Wildman–Crippen LogP) is 4.28. The number of pyridine rings is 1. The first-order chi connectivity index (χ1) is 15.7. The molecule has 0 amide bonds. The molecule has 0 aliphatic carbocycles. The van der Waals surface area contributed by atoms with E-state index in [4.69, 9.17) is 4.74 Å². The lowest BCUT2D eigenvalue weighted by atomic mass is 10.0. The van der Waals surface area contributed by atoms with Gasteiger partial charge in [-0.1, -0.05) is 0 Å². The van der Waals surface area contributed by atoms with Gasteiger partial charge in [0.15, 0.2) is 0 Å². The van der Waals surface area contributed by atoms with Crippen LogP contribution in [0.4, 0.5) is 19.0 Å². The largest absolute Gasteiger partial charge is 0.462 e. The third-order valence-corrected chi connectivity index (χ3v) is 6.30. The number of hydrogen-bond acceptors (Lipinski definition) is 5. The molecule has 3 aromatic rings. The molecule has 0 spiro atoms. The Hall–Kier alpha value is -3.01. The van der Waals surface area contributed by atoms with Gasteiger partial charge in [0, 0.05) is 49.7 Å². The molecular weight excluding hydrogens is 435 g/mol. The minimum atomic E-state index is -4.19. The highest BCUT2D eigenvalue weighted by Gasteiger charge is 2.34. The smallest absolute Gasteiger partial charge is 0.401 e. The average Bonchev–Trinajstić information content (AvgIpc) is 3.42. The third kappa shape index (κ3) is 4.71. The van der Waals surface area contributed by atoms with Crippen molar-refractivity contribution in [1.29, 1.82) is 0 Å². The van der Waals surface area contributed by atoms with E-state index in [1.807, 2.05) is 42.8 Å². The Labute approximate surface area is 190 Å². The third-order valence-electron chi connectivity index (χ3n) is 6.30. The fraction of sp³-hybridized carbons (Fsp3) is 0.478. The van der Waals surface area contributed by atoms with E-state index in [9.17, 15) is 18.0 Å². The molecule has 1 saturated heterocycles. The Morgan fingerprint density at radius 3 is 2.64 bits per heavy atom. The van der Waals surface area contributed by atoms with Crippen LogP contribution in [-0.4, -0.2) is 71.0 Å². The average molecular weight is 464 g/mol. The topological polar surface area (TPSA) is 65.9 Å². The van der Waals surface area contributed by atoms with E-state index in [-0.39, 0.29) is 12.6 Å². The molecule has 0 radical (unpaired) electrons. The second kappa shape index (κ2) is 9.09. The van der Waals surface area contributed by atoms with Crippen LogP contribution in [0, 0.1) is 6.92 Å². The normalized spacial score (nSPS) is 15.8. The summed E-state index contributed by atoms with van der Waals surface area (Å²) in [5, 5.41) is 7.00. The number of esters is 1. The minimum Gasteiger partial charge on any atom is -0.462 e. The van der Waals surface area contributed by atoms with Gasteiger partial charge in [-0.2, -0.15) is 18.3 Å². The number of likely N-dealkylation sites (tertiary alicyclic amines) is 1. The van der Waals surface area contributed by atoms with Gasteiger partial charge in [-0.3, -0.25) is 10.00 Å². The summed E-state index contributed by atoms with van der Waals surface area (Å²) in [5.74, 6) is 0.430. The number of piperidine rings is 1. The number of nitrogens with one attached hydrogen (secondary N) is 1. The minimum absolute atomic E-state index is 0.0480. The molecule has 0 saturated carbocycles. The molecule has 1 aliphatic rings. The Balaban J connectivity index is 1.72. The van der Waals surface area contributed by atoms with Gasteiger partial charge >= 0.3 is 12.1 Å². The molecule has 1 N–H and O–H groups in total. The highest BCUT2D eigenvalue weighted by molar-refractivity contribution is 5.96. The van der Waals surface area contributed by atoms with Crippen LogP contribution in [0.3, 0.4) is 0 Å². The number of hydrogen-bond donors (Lipinski definition) is 1. The molecule has 10 heteroatoms. The standard InChI is InChI=1S/C23H28F3N5O2/c1-4-33-22(32)18-13-20-17(19-5-9-27-28-19)8-12-31(20)21(15(18)2)29(3)16-6-10-30(11-7-16)14-23(24,25)26/h5,8-9,12-13,16H,4,6-7,10-11,14H2,1-3H3,(H,27,28). The Morgan fingerprint density at radius 1 is 1.30 bits per heavy atom. The summed E-state index contributed by atoms with van der Waals surface area (Å²) >= 11 is 0. The number of fused-ring (bicyclic) bond motifs is 1. The van der Waals surface area contributed by atoms with E-state index >= 15 is 0 Å². The number of nitrogens with zero attached hydrogens (tertiary/aromatic N) is 4. The second-order valence-electron chi connectivity index (χ2n) is 8.42. The number of ether oxygens (including phenoxy) is 1. The summed E-state index contributed by atoms with van der Waals surface area (Å²) in [6.45, 7) is 3.78. The summed E-state index contributed by atoms with van der Waals surface area (Å²) in [6, 6.07) is 5.69. The van der Waals surface area contributed by atoms with Gasteiger partial charge in [-0.25, -0.2) is 4.79 Å². The SMILES string of the molecule is CCOC(=O)c1cc2c(-c3ccn[nH]3)ccn2c(N(C)C2CCN(CC(F)(F)F)CC2)c1C. The summed E-state index contributed by atoms with van der Waals surface area (Å²) in [5.41, 5.74) is 3.79. The number of aromatic amines is 1. The molecular formula is C23H28F3N5O2. The van der Waals surface area contributed by atoms with Crippen molar-refractivity contribution < 1.29 is 22.7 Å². The Bertz CT molecular complexity index is 1120. The van der Waals surface area contributed by atoms with Crippen LogP contribution in [0.15, 0.2) is 30.6 Å². The van der Waals surface area contributed by atoms with Crippen molar-refractivity contribution in [1.82, 2.24) is 19.5 Å². The van der Waals surface area contributed by atoms with Crippen LogP contribution in [0.25, 0.3) is 16.8 Å². The molecule has 1 aliphatic heterocycles. The lowest BCUT2D eigenvalue weighted by Crippen LogP contribution is -2.46. The second-order valence-corrected chi connectivity index (χ2v) is 8.42. The van der Waals surface area contributed by atoms with Gasteiger partial charge in [0.25, 0.3) is 0 Å². The predicted molar refractivity (Wildman–Crippen MR) is 120 cm³/mol. The first-order valence-corrected chi connectivity index (χ1v) is 11.0. The number of halogens is 3. The number of carbonyl (C=O) groups excluding carboxylic acids is 1. The van der Waals surface area contributed by atoms with Gasteiger partial charge < -0.3 is 14.0 Å². The number of H-pyrrole nitrogens is 1.